The lowest BCUT2D eigenvalue weighted by molar-refractivity contribution is 0.628. The number of anilines is 3. The highest BCUT2D eigenvalue weighted by Crippen LogP contribution is 2.33. The average molecular weight is 244 g/mol. The lowest BCUT2D eigenvalue weighted by Crippen LogP contribution is -2.18. The number of para-hydroxylation sites is 1. The van der Waals surface area contributed by atoms with E-state index in [4.69, 9.17) is 5.73 Å². The van der Waals surface area contributed by atoms with E-state index in [1.807, 2.05) is 25.1 Å². The average Bonchev–Trinajstić information content (AvgIpc) is 2.35. The molecule has 0 radical (unpaired) electrons. The van der Waals surface area contributed by atoms with Gasteiger partial charge in [0, 0.05) is 12.2 Å². The number of hydrogen-bond donors (Lipinski definition) is 1. The van der Waals surface area contributed by atoms with Crippen LogP contribution in [0.3, 0.4) is 0 Å². The smallest absolute Gasteiger partial charge is 0.123 e. The lowest BCUT2D eigenvalue weighted by atomic mass is 10.1. The number of rotatable bonds is 3. The van der Waals surface area contributed by atoms with Gasteiger partial charge in [0.1, 0.15) is 5.82 Å². The molecule has 0 saturated carbocycles. The summed E-state index contributed by atoms with van der Waals surface area (Å²) >= 11 is 0. The van der Waals surface area contributed by atoms with Crippen LogP contribution in [0.15, 0.2) is 42.5 Å². The van der Waals surface area contributed by atoms with Gasteiger partial charge in [-0.05, 0) is 49.7 Å². The largest absolute Gasteiger partial charge is 0.397 e. The zero-order chi connectivity index (χ0) is 13.1. The Morgan fingerprint density at radius 2 is 1.78 bits per heavy atom. The van der Waals surface area contributed by atoms with Crippen molar-refractivity contribution >= 4 is 17.1 Å². The number of halogens is 1. The minimum atomic E-state index is -0.229. The van der Waals surface area contributed by atoms with Crippen molar-refractivity contribution < 1.29 is 4.39 Å². The predicted molar refractivity (Wildman–Crippen MR) is 74.7 cm³/mol. The molecule has 0 aliphatic rings. The van der Waals surface area contributed by atoms with Crippen molar-refractivity contribution in [3.8, 4) is 0 Å². The van der Waals surface area contributed by atoms with E-state index in [9.17, 15) is 4.39 Å². The van der Waals surface area contributed by atoms with Gasteiger partial charge in [-0.25, -0.2) is 4.39 Å². The summed E-state index contributed by atoms with van der Waals surface area (Å²) < 4.78 is 13.0. The molecule has 2 N–H and O–H groups in total. The number of nitrogens with two attached hydrogens (primary N) is 1. The van der Waals surface area contributed by atoms with E-state index in [0.29, 0.717) is 0 Å². The maximum Gasteiger partial charge on any atom is 0.123 e. The van der Waals surface area contributed by atoms with Crippen LogP contribution >= 0.6 is 0 Å². The van der Waals surface area contributed by atoms with Crippen molar-refractivity contribution in [1.29, 1.82) is 0 Å². The van der Waals surface area contributed by atoms with Crippen molar-refractivity contribution in [3.05, 3.63) is 53.8 Å². The van der Waals surface area contributed by atoms with Gasteiger partial charge in [-0.15, -0.1) is 0 Å². The first-order valence-electron chi connectivity index (χ1n) is 6.01. The van der Waals surface area contributed by atoms with Crippen molar-refractivity contribution in [3.63, 3.8) is 0 Å². The van der Waals surface area contributed by atoms with Crippen molar-refractivity contribution in [2.75, 3.05) is 17.2 Å². The van der Waals surface area contributed by atoms with Crippen LogP contribution in [-0.4, -0.2) is 6.54 Å². The summed E-state index contributed by atoms with van der Waals surface area (Å²) in [5.74, 6) is -0.229. The Bertz CT molecular complexity index is 514. The minimum absolute atomic E-state index is 0.229. The molecule has 3 heteroatoms. The summed E-state index contributed by atoms with van der Waals surface area (Å²) in [6.45, 7) is 4.85. The molecule has 0 saturated heterocycles. The van der Waals surface area contributed by atoms with Crippen molar-refractivity contribution in [1.82, 2.24) is 0 Å². The van der Waals surface area contributed by atoms with Gasteiger partial charge in [0.25, 0.3) is 0 Å². The fraction of sp³-hybridized carbons (Fsp3) is 0.200. The molecule has 2 aromatic rings. The monoisotopic (exact) mass is 244 g/mol. The van der Waals surface area contributed by atoms with Gasteiger partial charge < -0.3 is 10.6 Å². The molecule has 2 aromatic carbocycles. The minimum Gasteiger partial charge on any atom is -0.397 e. The summed E-state index contributed by atoms with van der Waals surface area (Å²) in [4.78, 5) is 2.09. The second-order valence-corrected chi connectivity index (χ2v) is 4.23. The predicted octanol–water partition coefficient (Wildman–Crippen LogP) is 3.87. The topological polar surface area (TPSA) is 29.3 Å². The number of hydrogen-bond acceptors (Lipinski definition) is 2. The van der Waals surface area contributed by atoms with Gasteiger partial charge in [-0.1, -0.05) is 12.1 Å². The maximum absolute atomic E-state index is 13.0. The second kappa shape index (κ2) is 5.08. The third-order valence-electron chi connectivity index (χ3n) is 2.99. The Hall–Kier alpha value is -2.03. The summed E-state index contributed by atoms with van der Waals surface area (Å²) in [6, 6.07) is 12.3. The second-order valence-electron chi connectivity index (χ2n) is 4.23. The zero-order valence-electron chi connectivity index (χ0n) is 10.7. The highest BCUT2D eigenvalue weighted by Gasteiger charge is 2.12. The molecule has 0 amide bonds. The quantitative estimate of drug-likeness (QED) is 0.830. The molecule has 0 bridgehead atoms. The molecule has 0 aliphatic carbocycles. The van der Waals surface area contributed by atoms with Gasteiger partial charge in [0.2, 0.25) is 0 Å². The molecular formula is C15H17FN2. The number of nitrogens with zero attached hydrogens (tertiary/aromatic N) is 1. The summed E-state index contributed by atoms with van der Waals surface area (Å²) in [5, 5.41) is 0. The fourth-order valence-corrected chi connectivity index (χ4v) is 2.14. The molecule has 0 unspecified atom stereocenters. The van der Waals surface area contributed by atoms with Crippen LogP contribution in [0.1, 0.15) is 12.5 Å². The van der Waals surface area contributed by atoms with Gasteiger partial charge in [-0.3, -0.25) is 0 Å². The van der Waals surface area contributed by atoms with Crippen LogP contribution in [-0.2, 0) is 0 Å². The first-order valence-corrected chi connectivity index (χ1v) is 6.01. The van der Waals surface area contributed by atoms with E-state index < -0.39 is 0 Å². The molecular weight excluding hydrogens is 227 g/mol. The van der Waals surface area contributed by atoms with Gasteiger partial charge in [0.05, 0.1) is 11.4 Å². The molecule has 0 aromatic heterocycles. The summed E-state index contributed by atoms with van der Waals surface area (Å²) in [5.41, 5.74) is 9.84. The SMILES string of the molecule is CCN(c1ccc(F)cc1)c1c(C)cccc1N. The van der Waals surface area contributed by atoms with Crippen LogP contribution in [0.5, 0.6) is 0 Å². The zero-order valence-corrected chi connectivity index (χ0v) is 10.7. The maximum atomic E-state index is 13.0. The first kappa shape index (κ1) is 12.4. The van der Waals surface area contributed by atoms with Crippen LogP contribution in [0.4, 0.5) is 21.5 Å². The highest BCUT2D eigenvalue weighted by atomic mass is 19.1. The Labute approximate surface area is 107 Å². The first-order chi connectivity index (χ1) is 8.63. The van der Waals surface area contributed by atoms with E-state index >= 15 is 0 Å². The van der Waals surface area contributed by atoms with E-state index in [1.54, 1.807) is 12.1 Å². The van der Waals surface area contributed by atoms with Crippen molar-refractivity contribution in [2.45, 2.75) is 13.8 Å². The third kappa shape index (κ3) is 2.30. The summed E-state index contributed by atoms with van der Waals surface area (Å²) in [6.07, 6.45) is 0. The molecule has 0 spiro atoms. The summed E-state index contributed by atoms with van der Waals surface area (Å²) in [7, 11) is 0. The van der Waals surface area contributed by atoms with E-state index in [2.05, 4.69) is 11.8 Å². The van der Waals surface area contributed by atoms with Crippen LogP contribution in [0.25, 0.3) is 0 Å². The number of nitrogen functional groups attached to an aromatic ring is 1. The Morgan fingerprint density at radius 1 is 1.11 bits per heavy atom. The van der Waals surface area contributed by atoms with Gasteiger partial charge in [0.15, 0.2) is 0 Å². The third-order valence-corrected chi connectivity index (χ3v) is 2.99. The van der Waals surface area contributed by atoms with Crippen molar-refractivity contribution in [2.24, 2.45) is 0 Å². The molecule has 2 nitrogen and oxygen atoms in total. The van der Waals surface area contributed by atoms with E-state index in [0.717, 1.165) is 29.2 Å². The van der Waals surface area contributed by atoms with Crippen LogP contribution < -0.4 is 10.6 Å². The standard InChI is InChI=1S/C15H17FN2/c1-3-18(13-9-7-12(16)8-10-13)15-11(2)5-4-6-14(15)17/h4-10H,3,17H2,1-2H3. The van der Waals surface area contributed by atoms with Gasteiger partial charge in [-0.2, -0.15) is 0 Å². The molecule has 2 rings (SSSR count). The lowest BCUT2D eigenvalue weighted by Gasteiger charge is -2.26. The molecule has 0 aliphatic heterocycles. The Balaban J connectivity index is 2.48. The normalized spacial score (nSPS) is 10.4. The molecule has 18 heavy (non-hydrogen) atoms. The number of aryl methyl sites for hydroxylation is 1. The van der Waals surface area contributed by atoms with Gasteiger partial charge >= 0.3 is 0 Å². The van der Waals surface area contributed by atoms with Crippen LogP contribution in [0.2, 0.25) is 0 Å². The highest BCUT2D eigenvalue weighted by molar-refractivity contribution is 5.77. The Morgan fingerprint density at radius 3 is 2.33 bits per heavy atom. The molecule has 0 heterocycles. The Kier molecular flexibility index (Phi) is 3.51. The molecule has 0 atom stereocenters. The van der Waals surface area contributed by atoms with E-state index in [-0.39, 0.29) is 5.82 Å². The fourth-order valence-electron chi connectivity index (χ4n) is 2.14. The van der Waals surface area contributed by atoms with E-state index in [1.165, 1.54) is 12.1 Å². The molecule has 94 valence electrons. The number of benzene rings is 2. The van der Waals surface area contributed by atoms with Crippen LogP contribution in [0, 0.1) is 12.7 Å². The molecule has 0 fully saturated rings.